The largest absolute Gasteiger partial charge is 0.497 e. The predicted octanol–water partition coefficient (Wildman–Crippen LogP) is 2.22. The summed E-state index contributed by atoms with van der Waals surface area (Å²) in [6.45, 7) is 0. The highest BCUT2D eigenvalue weighted by atomic mass is 19.4. The van der Waals surface area contributed by atoms with Gasteiger partial charge in [0.05, 0.1) is 7.11 Å². The van der Waals surface area contributed by atoms with Gasteiger partial charge in [0, 0.05) is 18.8 Å². The number of carbonyl (C=O) groups excluding carboxylic acids is 1. The van der Waals surface area contributed by atoms with Crippen LogP contribution in [0.1, 0.15) is 0 Å². The molecule has 16 heavy (non-hydrogen) atoms. The average molecular weight is 233 g/mol. The van der Waals surface area contributed by atoms with Crippen LogP contribution in [0.3, 0.4) is 0 Å². The van der Waals surface area contributed by atoms with Gasteiger partial charge in [-0.1, -0.05) is 6.07 Å². The molecule has 0 unspecified atom stereocenters. The number of anilines is 1. The van der Waals surface area contributed by atoms with Gasteiger partial charge in [0.25, 0.3) is 0 Å². The van der Waals surface area contributed by atoms with Crippen molar-refractivity contribution in [3.8, 4) is 5.75 Å². The highest BCUT2D eigenvalue weighted by Gasteiger charge is 2.41. The second kappa shape index (κ2) is 4.42. The summed E-state index contributed by atoms with van der Waals surface area (Å²) in [5.41, 5.74) is 0.127. The number of benzene rings is 1. The van der Waals surface area contributed by atoms with E-state index in [9.17, 15) is 18.0 Å². The summed E-state index contributed by atoms with van der Waals surface area (Å²) in [5.74, 6) is -1.53. The fourth-order valence-electron chi connectivity index (χ4n) is 1.13. The van der Waals surface area contributed by atoms with E-state index in [1.165, 1.54) is 25.3 Å². The normalized spacial score (nSPS) is 11.1. The van der Waals surface area contributed by atoms with E-state index >= 15 is 0 Å². The van der Waals surface area contributed by atoms with Gasteiger partial charge in [-0.3, -0.25) is 4.79 Å². The first-order valence-corrected chi connectivity index (χ1v) is 4.35. The molecule has 0 atom stereocenters. The minimum absolute atomic E-state index is 0.127. The van der Waals surface area contributed by atoms with E-state index in [0.29, 0.717) is 10.6 Å². The number of methoxy groups -OCH3 is 1. The molecule has 0 aromatic heterocycles. The molecule has 1 aromatic carbocycles. The van der Waals surface area contributed by atoms with E-state index in [4.69, 9.17) is 4.74 Å². The molecule has 1 amide bonds. The van der Waals surface area contributed by atoms with Gasteiger partial charge in [0.2, 0.25) is 0 Å². The number of hydrogen-bond acceptors (Lipinski definition) is 2. The van der Waals surface area contributed by atoms with Crippen molar-refractivity contribution in [1.29, 1.82) is 0 Å². The van der Waals surface area contributed by atoms with E-state index < -0.39 is 12.1 Å². The van der Waals surface area contributed by atoms with Crippen LogP contribution >= 0.6 is 0 Å². The highest BCUT2D eigenvalue weighted by Crippen LogP contribution is 2.24. The van der Waals surface area contributed by atoms with Crippen molar-refractivity contribution in [1.82, 2.24) is 0 Å². The van der Waals surface area contributed by atoms with Crippen molar-refractivity contribution in [2.75, 3.05) is 19.1 Å². The fraction of sp³-hybridized carbons (Fsp3) is 0.300. The molecule has 0 bridgehead atoms. The van der Waals surface area contributed by atoms with Crippen molar-refractivity contribution in [3.63, 3.8) is 0 Å². The summed E-state index contributed by atoms with van der Waals surface area (Å²) in [5, 5.41) is 0. The highest BCUT2D eigenvalue weighted by molar-refractivity contribution is 5.96. The monoisotopic (exact) mass is 233 g/mol. The number of rotatable bonds is 2. The zero-order chi connectivity index (χ0) is 12.3. The molecule has 0 radical (unpaired) electrons. The Hall–Kier alpha value is -1.72. The molecule has 0 spiro atoms. The number of amides is 1. The number of hydrogen-bond donors (Lipinski definition) is 0. The smallest absolute Gasteiger partial charge is 0.471 e. The number of alkyl halides is 3. The molecule has 0 N–H and O–H groups in total. The quantitative estimate of drug-likeness (QED) is 0.783. The van der Waals surface area contributed by atoms with Crippen LogP contribution in [0.2, 0.25) is 0 Å². The van der Waals surface area contributed by atoms with Gasteiger partial charge in [0.1, 0.15) is 5.75 Å². The van der Waals surface area contributed by atoms with Crippen molar-refractivity contribution in [2.24, 2.45) is 0 Å². The lowest BCUT2D eigenvalue weighted by molar-refractivity contribution is -0.170. The minimum atomic E-state index is -4.88. The lowest BCUT2D eigenvalue weighted by Crippen LogP contribution is -2.38. The third-order valence-corrected chi connectivity index (χ3v) is 1.99. The van der Waals surface area contributed by atoms with Crippen LogP contribution in [0.25, 0.3) is 0 Å². The van der Waals surface area contributed by atoms with Crippen LogP contribution in [0.15, 0.2) is 24.3 Å². The van der Waals surface area contributed by atoms with Gasteiger partial charge in [-0.25, -0.2) is 0 Å². The van der Waals surface area contributed by atoms with Crippen LogP contribution in [-0.4, -0.2) is 26.2 Å². The third-order valence-electron chi connectivity index (χ3n) is 1.99. The zero-order valence-corrected chi connectivity index (χ0v) is 8.71. The summed E-state index contributed by atoms with van der Waals surface area (Å²) in [6, 6.07) is 5.83. The number of carbonyl (C=O) groups is 1. The first kappa shape index (κ1) is 12.4. The Bertz CT molecular complexity index is 390. The first-order chi connectivity index (χ1) is 7.36. The molecule has 1 rings (SSSR count). The number of ether oxygens (including phenoxy) is 1. The van der Waals surface area contributed by atoms with E-state index in [1.54, 1.807) is 6.07 Å². The summed E-state index contributed by atoms with van der Waals surface area (Å²) < 4.78 is 41.3. The molecule has 1 aromatic rings. The summed E-state index contributed by atoms with van der Waals surface area (Å²) in [7, 11) is 2.45. The van der Waals surface area contributed by atoms with Crippen LogP contribution in [0, 0.1) is 0 Å². The second-order valence-electron chi connectivity index (χ2n) is 3.06. The van der Waals surface area contributed by atoms with Crippen molar-refractivity contribution >= 4 is 11.6 Å². The molecule has 0 aliphatic carbocycles. The van der Waals surface area contributed by atoms with Gasteiger partial charge in [-0.05, 0) is 12.1 Å². The van der Waals surface area contributed by atoms with E-state index in [1.807, 2.05) is 0 Å². The van der Waals surface area contributed by atoms with Gasteiger partial charge >= 0.3 is 12.1 Å². The van der Waals surface area contributed by atoms with Crippen LogP contribution in [-0.2, 0) is 4.79 Å². The number of nitrogens with zero attached hydrogens (tertiary/aromatic N) is 1. The summed E-state index contributed by atoms with van der Waals surface area (Å²) in [4.78, 5) is 11.5. The topological polar surface area (TPSA) is 29.5 Å². The lowest BCUT2D eigenvalue weighted by Gasteiger charge is -2.19. The van der Waals surface area contributed by atoms with Crippen molar-refractivity contribution in [3.05, 3.63) is 24.3 Å². The SMILES string of the molecule is COc1cccc(N(C)C(=O)C(F)(F)F)c1. The Balaban J connectivity index is 2.96. The molecular formula is C10H10F3NO2. The predicted molar refractivity (Wildman–Crippen MR) is 52.5 cm³/mol. The summed E-state index contributed by atoms with van der Waals surface area (Å²) >= 11 is 0. The third kappa shape index (κ3) is 2.65. The zero-order valence-electron chi connectivity index (χ0n) is 8.71. The van der Waals surface area contributed by atoms with Crippen molar-refractivity contribution < 1.29 is 22.7 Å². The standard InChI is InChI=1S/C10H10F3NO2/c1-14(9(15)10(11,12)13)7-4-3-5-8(6-7)16-2/h3-6H,1-2H3. The van der Waals surface area contributed by atoms with Gasteiger partial charge in [-0.2, -0.15) is 13.2 Å². The maximum atomic E-state index is 12.1. The maximum Gasteiger partial charge on any atom is 0.471 e. The van der Waals surface area contributed by atoms with Gasteiger partial charge in [-0.15, -0.1) is 0 Å². The van der Waals surface area contributed by atoms with E-state index in [2.05, 4.69) is 0 Å². The maximum absolute atomic E-state index is 12.1. The molecule has 0 heterocycles. The lowest BCUT2D eigenvalue weighted by atomic mass is 10.2. The van der Waals surface area contributed by atoms with Crippen LogP contribution < -0.4 is 9.64 Å². The summed E-state index contributed by atoms with van der Waals surface area (Å²) in [6.07, 6.45) is -4.88. The van der Waals surface area contributed by atoms with Gasteiger partial charge < -0.3 is 9.64 Å². The Morgan fingerprint density at radius 2 is 2.00 bits per heavy atom. The van der Waals surface area contributed by atoms with Gasteiger partial charge in [0.15, 0.2) is 0 Å². The average Bonchev–Trinajstić information content (AvgIpc) is 2.26. The Morgan fingerprint density at radius 1 is 1.38 bits per heavy atom. The van der Waals surface area contributed by atoms with E-state index in [0.717, 1.165) is 7.05 Å². The molecule has 88 valence electrons. The molecule has 3 nitrogen and oxygen atoms in total. The fourth-order valence-corrected chi connectivity index (χ4v) is 1.13. The van der Waals surface area contributed by atoms with E-state index in [-0.39, 0.29) is 5.69 Å². The Kier molecular flexibility index (Phi) is 3.41. The second-order valence-corrected chi connectivity index (χ2v) is 3.06. The van der Waals surface area contributed by atoms with Crippen LogP contribution in [0.4, 0.5) is 18.9 Å². The molecule has 0 fully saturated rings. The molecule has 0 aliphatic rings. The minimum Gasteiger partial charge on any atom is -0.497 e. The number of halogens is 3. The van der Waals surface area contributed by atoms with Crippen LogP contribution in [0.5, 0.6) is 5.75 Å². The molecule has 0 aliphatic heterocycles. The Morgan fingerprint density at radius 3 is 2.50 bits per heavy atom. The molecular weight excluding hydrogens is 223 g/mol. The molecule has 0 saturated carbocycles. The Labute approximate surface area is 90.4 Å². The molecule has 6 heteroatoms. The van der Waals surface area contributed by atoms with Crippen molar-refractivity contribution in [2.45, 2.75) is 6.18 Å². The molecule has 0 saturated heterocycles. The first-order valence-electron chi connectivity index (χ1n) is 4.35.